The first-order valence-electron chi connectivity index (χ1n) is 8.41. The van der Waals surface area contributed by atoms with Crippen molar-refractivity contribution in [1.29, 1.82) is 0 Å². The third kappa shape index (κ3) is 4.76. The van der Waals surface area contributed by atoms with Crippen LogP contribution in [0.5, 0.6) is 0 Å². The highest BCUT2D eigenvalue weighted by atomic mass is 32.2. The summed E-state index contributed by atoms with van der Waals surface area (Å²) < 4.78 is 51.8. The highest BCUT2D eigenvalue weighted by Crippen LogP contribution is 2.30. The molecule has 28 heavy (non-hydrogen) atoms. The van der Waals surface area contributed by atoms with Crippen LogP contribution in [-0.4, -0.2) is 46.3 Å². The smallest absolute Gasteiger partial charge is 0.234 e. The van der Waals surface area contributed by atoms with Gasteiger partial charge in [-0.1, -0.05) is 17.8 Å². The van der Waals surface area contributed by atoms with Gasteiger partial charge in [0.05, 0.1) is 22.9 Å². The number of hydrogen-bond donors (Lipinski definition) is 1. The second-order valence-electron chi connectivity index (χ2n) is 6.30. The van der Waals surface area contributed by atoms with Crippen LogP contribution >= 0.6 is 11.8 Å². The molecule has 0 spiro atoms. The SMILES string of the molecule is C=CCn1c(SCC(=O)Nc2ccc(F)cc2F)nnc1C1CCS(=O)(=O)C1. The summed E-state index contributed by atoms with van der Waals surface area (Å²) in [5, 5.41) is 11.0. The number of rotatable bonds is 7. The van der Waals surface area contributed by atoms with Crippen molar-refractivity contribution in [1.82, 2.24) is 14.8 Å². The van der Waals surface area contributed by atoms with E-state index < -0.39 is 27.4 Å². The number of nitrogens with one attached hydrogen (secondary N) is 1. The van der Waals surface area contributed by atoms with Crippen molar-refractivity contribution >= 4 is 33.2 Å². The molecule has 150 valence electrons. The zero-order valence-corrected chi connectivity index (χ0v) is 16.4. The molecule has 1 fully saturated rings. The van der Waals surface area contributed by atoms with Gasteiger partial charge in [-0.15, -0.1) is 16.8 Å². The van der Waals surface area contributed by atoms with Crippen molar-refractivity contribution in [2.75, 3.05) is 22.6 Å². The van der Waals surface area contributed by atoms with E-state index in [-0.39, 0.29) is 28.9 Å². The van der Waals surface area contributed by atoms with Crippen LogP contribution in [0.15, 0.2) is 36.0 Å². The molecule has 3 rings (SSSR count). The minimum absolute atomic E-state index is 0.0251. The summed E-state index contributed by atoms with van der Waals surface area (Å²) in [5.74, 6) is -1.71. The zero-order chi connectivity index (χ0) is 20.3. The Balaban J connectivity index is 1.68. The van der Waals surface area contributed by atoms with Gasteiger partial charge in [-0.3, -0.25) is 4.79 Å². The molecule has 1 atom stereocenters. The fraction of sp³-hybridized carbons (Fsp3) is 0.353. The Morgan fingerprint density at radius 1 is 1.39 bits per heavy atom. The molecule has 0 saturated carbocycles. The highest BCUT2D eigenvalue weighted by Gasteiger charge is 2.33. The first kappa shape index (κ1) is 20.5. The van der Waals surface area contributed by atoms with E-state index in [1.165, 1.54) is 0 Å². The van der Waals surface area contributed by atoms with Crippen LogP contribution in [0.4, 0.5) is 14.5 Å². The van der Waals surface area contributed by atoms with Gasteiger partial charge in [-0.05, 0) is 18.6 Å². The van der Waals surface area contributed by atoms with E-state index in [4.69, 9.17) is 0 Å². The number of nitrogens with zero attached hydrogens (tertiary/aromatic N) is 3. The first-order valence-corrected chi connectivity index (χ1v) is 11.2. The second kappa shape index (κ2) is 8.39. The summed E-state index contributed by atoms with van der Waals surface area (Å²) in [6.07, 6.45) is 2.11. The van der Waals surface area contributed by atoms with E-state index in [1.807, 2.05) is 0 Å². The second-order valence-corrected chi connectivity index (χ2v) is 9.47. The predicted molar refractivity (Wildman–Crippen MR) is 102 cm³/mol. The van der Waals surface area contributed by atoms with Gasteiger partial charge in [-0.25, -0.2) is 17.2 Å². The maximum absolute atomic E-state index is 13.6. The summed E-state index contributed by atoms with van der Waals surface area (Å²) in [6.45, 7) is 4.06. The number of aromatic nitrogens is 3. The van der Waals surface area contributed by atoms with Crippen LogP contribution < -0.4 is 5.32 Å². The number of hydrogen-bond acceptors (Lipinski definition) is 6. The van der Waals surface area contributed by atoms with E-state index in [0.717, 1.165) is 23.9 Å². The topological polar surface area (TPSA) is 93.9 Å². The lowest BCUT2D eigenvalue weighted by Gasteiger charge is -2.11. The molecule has 7 nitrogen and oxygen atoms in total. The molecule has 2 heterocycles. The molecule has 1 saturated heterocycles. The molecule has 1 aliphatic rings. The van der Waals surface area contributed by atoms with E-state index in [2.05, 4.69) is 22.1 Å². The largest absolute Gasteiger partial charge is 0.323 e. The Labute approximate surface area is 165 Å². The van der Waals surface area contributed by atoms with Gasteiger partial charge >= 0.3 is 0 Å². The number of carbonyl (C=O) groups excluding carboxylic acids is 1. The molecule has 1 amide bonds. The summed E-state index contributed by atoms with van der Waals surface area (Å²) in [7, 11) is -3.07. The number of halogens is 2. The lowest BCUT2D eigenvalue weighted by atomic mass is 10.1. The van der Waals surface area contributed by atoms with Gasteiger partial charge in [-0.2, -0.15) is 0 Å². The Morgan fingerprint density at radius 2 is 2.18 bits per heavy atom. The average Bonchev–Trinajstić information content (AvgIpc) is 3.19. The van der Waals surface area contributed by atoms with Crippen LogP contribution in [-0.2, 0) is 21.2 Å². The molecule has 1 unspecified atom stereocenters. The van der Waals surface area contributed by atoms with Crippen LogP contribution in [0.3, 0.4) is 0 Å². The Morgan fingerprint density at radius 3 is 2.82 bits per heavy atom. The van der Waals surface area contributed by atoms with E-state index in [0.29, 0.717) is 30.0 Å². The quantitative estimate of drug-likeness (QED) is 0.538. The molecular weight excluding hydrogens is 410 g/mol. The van der Waals surface area contributed by atoms with Gasteiger partial charge in [0.2, 0.25) is 5.91 Å². The van der Waals surface area contributed by atoms with Gasteiger partial charge in [0.1, 0.15) is 17.5 Å². The summed E-state index contributed by atoms with van der Waals surface area (Å²) in [4.78, 5) is 12.1. The molecule has 1 aromatic carbocycles. The van der Waals surface area contributed by atoms with Gasteiger partial charge in [0.25, 0.3) is 0 Å². The number of sulfone groups is 1. The van der Waals surface area contributed by atoms with Crippen LogP contribution in [0, 0.1) is 11.6 Å². The lowest BCUT2D eigenvalue weighted by Crippen LogP contribution is -2.16. The lowest BCUT2D eigenvalue weighted by molar-refractivity contribution is -0.113. The van der Waals surface area contributed by atoms with E-state index in [9.17, 15) is 22.0 Å². The predicted octanol–water partition coefficient (Wildman–Crippen LogP) is 2.38. The molecule has 0 radical (unpaired) electrons. The molecular formula is C17H18F2N4O3S2. The van der Waals surface area contributed by atoms with E-state index in [1.54, 1.807) is 10.6 Å². The molecule has 1 N–H and O–H groups in total. The van der Waals surface area contributed by atoms with Crippen LogP contribution in [0.2, 0.25) is 0 Å². The molecule has 0 aliphatic carbocycles. The number of allylic oxidation sites excluding steroid dienone is 1. The van der Waals surface area contributed by atoms with Gasteiger partial charge < -0.3 is 9.88 Å². The van der Waals surface area contributed by atoms with Crippen molar-refractivity contribution in [3.63, 3.8) is 0 Å². The molecule has 11 heteroatoms. The normalized spacial score (nSPS) is 18.1. The maximum atomic E-state index is 13.6. The minimum atomic E-state index is -3.07. The molecule has 2 aromatic rings. The number of anilines is 1. The van der Waals surface area contributed by atoms with Gasteiger partial charge in [0.15, 0.2) is 15.0 Å². The third-order valence-corrected chi connectivity index (χ3v) is 6.93. The zero-order valence-electron chi connectivity index (χ0n) is 14.8. The van der Waals surface area contributed by atoms with Crippen molar-refractivity contribution in [2.45, 2.75) is 24.0 Å². The van der Waals surface area contributed by atoms with Crippen LogP contribution in [0.1, 0.15) is 18.2 Å². The molecule has 0 bridgehead atoms. The molecule has 1 aromatic heterocycles. The number of carbonyl (C=O) groups is 1. The monoisotopic (exact) mass is 428 g/mol. The fourth-order valence-electron chi connectivity index (χ4n) is 2.92. The van der Waals surface area contributed by atoms with Crippen molar-refractivity contribution in [2.24, 2.45) is 0 Å². The summed E-state index contributed by atoms with van der Waals surface area (Å²) >= 11 is 1.09. The Hall–Kier alpha value is -2.27. The number of thioether (sulfide) groups is 1. The third-order valence-electron chi connectivity index (χ3n) is 4.19. The minimum Gasteiger partial charge on any atom is -0.323 e. The highest BCUT2D eigenvalue weighted by molar-refractivity contribution is 7.99. The maximum Gasteiger partial charge on any atom is 0.234 e. The number of benzene rings is 1. The van der Waals surface area contributed by atoms with Crippen molar-refractivity contribution < 1.29 is 22.0 Å². The average molecular weight is 428 g/mol. The standard InChI is InChI=1S/C17H18F2N4O3S2/c1-2-6-23-16(11-5-7-28(25,26)10-11)21-22-17(23)27-9-15(24)20-14-4-3-12(18)8-13(14)19/h2-4,8,11H,1,5-7,9-10H2,(H,20,24). The van der Waals surface area contributed by atoms with E-state index >= 15 is 0 Å². The van der Waals surface area contributed by atoms with Crippen molar-refractivity contribution in [3.05, 3.63) is 48.3 Å². The number of amides is 1. The molecule has 1 aliphatic heterocycles. The Kier molecular flexibility index (Phi) is 6.14. The Bertz CT molecular complexity index is 1010. The van der Waals surface area contributed by atoms with Crippen molar-refractivity contribution in [3.8, 4) is 0 Å². The summed E-state index contributed by atoms with van der Waals surface area (Å²) in [5.41, 5.74) is -0.114. The van der Waals surface area contributed by atoms with Crippen LogP contribution in [0.25, 0.3) is 0 Å². The summed E-state index contributed by atoms with van der Waals surface area (Å²) in [6, 6.07) is 2.88. The first-order chi connectivity index (χ1) is 13.3. The fourth-order valence-corrected chi connectivity index (χ4v) is 5.41. The van der Waals surface area contributed by atoms with Gasteiger partial charge in [0, 0.05) is 18.5 Å².